The normalized spacial score (nSPS) is 15.4. The van der Waals surface area contributed by atoms with Crippen LogP contribution in [0.4, 0.5) is 11.4 Å². The number of nitrogens with zero attached hydrogens (tertiary/aromatic N) is 2. The van der Waals surface area contributed by atoms with Gasteiger partial charge in [-0.2, -0.15) is 4.31 Å². The molecule has 6 nitrogen and oxygen atoms in total. The summed E-state index contributed by atoms with van der Waals surface area (Å²) in [7, 11) is 0.164. The number of sulfonamides is 1. The van der Waals surface area contributed by atoms with Crippen molar-refractivity contribution >= 4 is 38.6 Å². The van der Waals surface area contributed by atoms with Crippen molar-refractivity contribution in [2.75, 3.05) is 37.4 Å². The van der Waals surface area contributed by atoms with Gasteiger partial charge >= 0.3 is 0 Å². The van der Waals surface area contributed by atoms with E-state index in [9.17, 15) is 13.2 Å². The van der Waals surface area contributed by atoms with E-state index in [1.807, 2.05) is 38.9 Å². The fraction of sp³-hybridized carbons (Fsp3) is 0.450. The molecule has 0 atom stereocenters. The smallest absolute Gasteiger partial charge is 0.256 e. The monoisotopic (exact) mass is 421 g/mol. The third-order valence-electron chi connectivity index (χ3n) is 4.94. The van der Waals surface area contributed by atoms with Gasteiger partial charge in [-0.05, 0) is 51.0 Å². The maximum absolute atomic E-state index is 13.0. The van der Waals surface area contributed by atoms with Gasteiger partial charge in [-0.1, -0.05) is 6.42 Å². The van der Waals surface area contributed by atoms with E-state index < -0.39 is 10.0 Å². The summed E-state index contributed by atoms with van der Waals surface area (Å²) in [6, 6.07) is 6.80. The Hall–Kier alpha value is -1.90. The largest absolute Gasteiger partial charge is 0.376 e. The van der Waals surface area contributed by atoms with Gasteiger partial charge in [-0.15, -0.1) is 11.3 Å². The molecule has 1 aromatic carbocycles. The maximum atomic E-state index is 13.0. The second-order valence-electron chi connectivity index (χ2n) is 7.32. The molecule has 0 unspecified atom stereocenters. The summed E-state index contributed by atoms with van der Waals surface area (Å²) in [5.41, 5.74) is 1.88. The van der Waals surface area contributed by atoms with E-state index in [-0.39, 0.29) is 10.8 Å². The van der Waals surface area contributed by atoms with Crippen molar-refractivity contribution in [1.29, 1.82) is 0 Å². The Kier molecular flexibility index (Phi) is 6.12. The lowest BCUT2D eigenvalue weighted by Gasteiger charge is -2.26. The van der Waals surface area contributed by atoms with E-state index in [1.165, 1.54) is 0 Å². The van der Waals surface area contributed by atoms with E-state index in [0.717, 1.165) is 34.7 Å². The molecule has 1 aliphatic rings. The highest BCUT2D eigenvalue weighted by Crippen LogP contribution is 2.31. The van der Waals surface area contributed by atoms with Crippen LogP contribution in [0.1, 0.15) is 39.4 Å². The maximum Gasteiger partial charge on any atom is 0.256 e. The van der Waals surface area contributed by atoms with Crippen molar-refractivity contribution < 1.29 is 13.2 Å². The van der Waals surface area contributed by atoms with Crippen LogP contribution in [-0.4, -0.2) is 45.8 Å². The zero-order valence-corrected chi connectivity index (χ0v) is 18.4. The number of carbonyl (C=O) groups is 1. The highest BCUT2D eigenvalue weighted by atomic mass is 32.2. The molecule has 1 saturated heterocycles. The number of thiophene rings is 1. The minimum Gasteiger partial charge on any atom is -0.376 e. The SMILES string of the molecule is Cc1cc(C(=O)Nc2cc(S(=O)(=O)N3CCCCC3)ccc2N(C)C)c(C)s1. The molecule has 2 heterocycles. The van der Waals surface area contributed by atoms with Crippen LogP contribution < -0.4 is 10.2 Å². The minimum absolute atomic E-state index is 0.216. The Morgan fingerprint density at radius 2 is 1.79 bits per heavy atom. The molecule has 3 rings (SSSR count). The number of rotatable bonds is 5. The van der Waals surface area contributed by atoms with Gasteiger partial charge in [0.2, 0.25) is 10.0 Å². The number of hydrogen-bond donors (Lipinski definition) is 1. The lowest BCUT2D eigenvalue weighted by Crippen LogP contribution is -2.35. The second-order valence-corrected chi connectivity index (χ2v) is 10.7. The summed E-state index contributed by atoms with van der Waals surface area (Å²) in [5, 5.41) is 2.92. The molecule has 28 heavy (non-hydrogen) atoms. The highest BCUT2D eigenvalue weighted by molar-refractivity contribution is 7.89. The molecule has 0 saturated carbocycles. The van der Waals surface area contributed by atoms with Crippen molar-refractivity contribution in [3.05, 3.63) is 39.6 Å². The molecule has 0 aliphatic carbocycles. The molecule has 1 fully saturated rings. The fourth-order valence-corrected chi connectivity index (χ4v) is 5.93. The van der Waals surface area contributed by atoms with Crippen LogP contribution in [-0.2, 0) is 10.0 Å². The fourth-order valence-electron chi connectivity index (χ4n) is 3.47. The van der Waals surface area contributed by atoms with E-state index in [4.69, 9.17) is 0 Å². The average Bonchev–Trinajstić information content (AvgIpc) is 3.00. The molecule has 0 radical (unpaired) electrons. The van der Waals surface area contributed by atoms with Gasteiger partial charge in [0.15, 0.2) is 0 Å². The molecule has 1 N–H and O–H groups in total. The van der Waals surface area contributed by atoms with Crippen molar-refractivity contribution in [3.63, 3.8) is 0 Å². The summed E-state index contributed by atoms with van der Waals surface area (Å²) in [6.07, 6.45) is 2.83. The number of amides is 1. The third kappa shape index (κ3) is 4.24. The molecule has 1 aromatic heterocycles. The minimum atomic E-state index is -3.57. The van der Waals surface area contributed by atoms with E-state index >= 15 is 0 Å². The predicted molar refractivity (Wildman–Crippen MR) is 115 cm³/mol. The lowest BCUT2D eigenvalue weighted by molar-refractivity contribution is 0.102. The van der Waals surface area contributed by atoms with Crippen LogP contribution in [0.5, 0.6) is 0 Å². The first-order valence-electron chi connectivity index (χ1n) is 9.40. The standard InChI is InChI=1S/C20H27N3O3S2/c1-14-12-17(15(2)27-14)20(24)21-18-13-16(8-9-19(18)22(3)4)28(25,26)23-10-6-5-7-11-23/h8-9,12-13H,5-7,10-11H2,1-4H3,(H,21,24). The Labute approximate surface area is 171 Å². The number of hydrogen-bond acceptors (Lipinski definition) is 5. The Morgan fingerprint density at radius 1 is 1.11 bits per heavy atom. The number of nitrogens with one attached hydrogen (secondary N) is 1. The molecule has 2 aromatic rings. The Balaban J connectivity index is 1.96. The first kappa shape index (κ1) is 20.8. The summed E-state index contributed by atoms with van der Waals surface area (Å²) >= 11 is 1.57. The first-order chi connectivity index (χ1) is 13.2. The summed E-state index contributed by atoms with van der Waals surface area (Å²) in [4.78, 5) is 16.9. The van der Waals surface area contributed by atoms with E-state index in [2.05, 4.69) is 5.32 Å². The molecule has 1 amide bonds. The zero-order chi connectivity index (χ0) is 20.5. The van der Waals surface area contributed by atoms with Crippen LogP contribution >= 0.6 is 11.3 Å². The Morgan fingerprint density at radius 3 is 2.36 bits per heavy atom. The number of piperidine rings is 1. The highest BCUT2D eigenvalue weighted by Gasteiger charge is 2.27. The molecular weight excluding hydrogens is 394 g/mol. The molecule has 0 bridgehead atoms. The van der Waals surface area contributed by atoms with Crippen molar-refractivity contribution in [1.82, 2.24) is 4.31 Å². The third-order valence-corrected chi connectivity index (χ3v) is 7.80. The van der Waals surface area contributed by atoms with Gasteiger partial charge < -0.3 is 10.2 Å². The summed E-state index contributed by atoms with van der Waals surface area (Å²) in [6.45, 7) is 4.97. The number of carbonyl (C=O) groups excluding carboxylic acids is 1. The first-order valence-corrected chi connectivity index (χ1v) is 11.7. The average molecular weight is 422 g/mol. The predicted octanol–water partition coefficient (Wildman–Crippen LogP) is 3.86. The van der Waals surface area contributed by atoms with Gasteiger partial charge in [0.25, 0.3) is 5.91 Å². The summed E-state index contributed by atoms with van der Waals surface area (Å²) < 4.78 is 27.6. The van der Waals surface area contributed by atoms with Crippen LogP contribution in [0.3, 0.4) is 0 Å². The topological polar surface area (TPSA) is 69.7 Å². The van der Waals surface area contributed by atoms with Crippen molar-refractivity contribution in [2.24, 2.45) is 0 Å². The summed E-state index contributed by atoms with van der Waals surface area (Å²) in [5.74, 6) is -0.225. The molecular formula is C20H27N3O3S2. The second kappa shape index (κ2) is 8.23. The van der Waals surface area contributed by atoms with E-state index in [1.54, 1.807) is 33.8 Å². The molecule has 152 valence electrons. The number of aryl methyl sites for hydroxylation is 2. The molecule has 1 aliphatic heterocycles. The quantitative estimate of drug-likeness (QED) is 0.796. The van der Waals surface area contributed by atoms with Crippen LogP contribution in [0.25, 0.3) is 0 Å². The molecule has 0 spiro atoms. The lowest BCUT2D eigenvalue weighted by atomic mass is 10.2. The van der Waals surface area contributed by atoms with Gasteiger partial charge in [0.05, 0.1) is 21.8 Å². The van der Waals surface area contributed by atoms with Gasteiger partial charge in [-0.25, -0.2) is 8.42 Å². The number of benzene rings is 1. The van der Waals surface area contributed by atoms with Gasteiger partial charge in [-0.3, -0.25) is 4.79 Å². The van der Waals surface area contributed by atoms with Gasteiger partial charge in [0, 0.05) is 36.9 Å². The van der Waals surface area contributed by atoms with Crippen LogP contribution in [0, 0.1) is 13.8 Å². The van der Waals surface area contributed by atoms with E-state index in [0.29, 0.717) is 24.3 Å². The van der Waals surface area contributed by atoms with Crippen molar-refractivity contribution in [3.8, 4) is 0 Å². The number of anilines is 2. The Bertz CT molecular complexity index is 975. The van der Waals surface area contributed by atoms with Gasteiger partial charge in [0.1, 0.15) is 0 Å². The van der Waals surface area contributed by atoms with Crippen LogP contribution in [0.15, 0.2) is 29.2 Å². The molecule has 8 heteroatoms. The van der Waals surface area contributed by atoms with Crippen molar-refractivity contribution in [2.45, 2.75) is 38.0 Å². The van der Waals surface area contributed by atoms with Crippen LogP contribution in [0.2, 0.25) is 0 Å². The zero-order valence-electron chi connectivity index (χ0n) is 16.8.